The number of hydrogen-bond donors (Lipinski definition) is 2. The summed E-state index contributed by atoms with van der Waals surface area (Å²) in [6.45, 7) is 7.68. The van der Waals surface area contributed by atoms with Crippen molar-refractivity contribution < 1.29 is 9.18 Å². The molecule has 4 nitrogen and oxygen atoms in total. The van der Waals surface area contributed by atoms with E-state index in [1.165, 1.54) is 6.07 Å². The average molecular weight is 293 g/mol. The van der Waals surface area contributed by atoms with Crippen LogP contribution in [0.2, 0.25) is 0 Å². The van der Waals surface area contributed by atoms with E-state index in [1.807, 2.05) is 17.9 Å². The highest BCUT2D eigenvalue weighted by molar-refractivity contribution is 5.82. The molecular weight excluding hydrogens is 269 g/mol. The topological polar surface area (TPSA) is 58.4 Å². The monoisotopic (exact) mass is 293 g/mol. The van der Waals surface area contributed by atoms with Crippen molar-refractivity contribution in [1.82, 2.24) is 5.32 Å². The molecule has 1 heterocycles. The van der Waals surface area contributed by atoms with E-state index in [0.717, 1.165) is 5.56 Å². The maximum absolute atomic E-state index is 14.3. The van der Waals surface area contributed by atoms with E-state index >= 15 is 0 Å². The highest BCUT2D eigenvalue weighted by atomic mass is 19.1. The molecular formula is C16H24FN3O. The zero-order valence-corrected chi connectivity index (χ0v) is 12.9. The van der Waals surface area contributed by atoms with Gasteiger partial charge in [-0.2, -0.15) is 0 Å². The third kappa shape index (κ3) is 3.35. The highest BCUT2D eigenvalue weighted by Crippen LogP contribution is 2.35. The number of carbonyl (C=O) groups is 1. The van der Waals surface area contributed by atoms with E-state index in [1.54, 1.807) is 6.07 Å². The number of nitrogens with zero attached hydrogens (tertiary/aromatic N) is 1. The number of nitrogens with two attached hydrogens (primary N) is 1. The van der Waals surface area contributed by atoms with Crippen LogP contribution >= 0.6 is 0 Å². The van der Waals surface area contributed by atoms with Gasteiger partial charge in [0.1, 0.15) is 5.82 Å². The van der Waals surface area contributed by atoms with Gasteiger partial charge in [-0.3, -0.25) is 4.79 Å². The van der Waals surface area contributed by atoms with Crippen LogP contribution in [0.3, 0.4) is 0 Å². The van der Waals surface area contributed by atoms with Crippen LogP contribution < -0.4 is 16.0 Å². The number of benzene rings is 1. The number of para-hydroxylation sites is 1. The number of anilines is 1. The lowest BCUT2D eigenvalue weighted by Crippen LogP contribution is -2.37. The second-order valence-electron chi connectivity index (χ2n) is 6.38. The number of amides is 1. The van der Waals surface area contributed by atoms with E-state index in [2.05, 4.69) is 19.2 Å². The fourth-order valence-corrected chi connectivity index (χ4v) is 2.72. The summed E-state index contributed by atoms with van der Waals surface area (Å²) in [5.74, 6) is -0.560. The second kappa shape index (κ2) is 6.02. The summed E-state index contributed by atoms with van der Waals surface area (Å²) in [4.78, 5) is 13.5. The number of halogens is 1. The number of primary amides is 1. The fraction of sp³-hybridized carbons (Fsp3) is 0.562. The molecule has 0 saturated carbocycles. The third-order valence-electron chi connectivity index (χ3n) is 4.16. The largest absolute Gasteiger partial charge is 0.369 e. The Balaban J connectivity index is 2.25. The number of hydrogen-bond acceptors (Lipinski definition) is 3. The summed E-state index contributed by atoms with van der Waals surface area (Å²) in [5.41, 5.74) is 6.40. The molecule has 5 heteroatoms. The Kier molecular flexibility index (Phi) is 4.52. The van der Waals surface area contributed by atoms with E-state index in [-0.39, 0.29) is 11.7 Å². The lowest BCUT2D eigenvalue weighted by atomic mass is 9.89. The third-order valence-corrected chi connectivity index (χ3v) is 4.16. The van der Waals surface area contributed by atoms with Crippen molar-refractivity contribution in [2.24, 2.45) is 11.1 Å². The van der Waals surface area contributed by atoms with E-state index in [0.29, 0.717) is 37.8 Å². The minimum Gasteiger partial charge on any atom is -0.369 e. The minimum atomic E-state index is -0.578. The summed E-state index contributed by atoms with van der Waals surface area (Å²) in [7, 11) is 0. The molecule has 1 aliphatic heterocycles. The predicted molar refractivity (Wildman–Crippen MR) is 82.5 cm³/mol. The van der Waals surface area contributed by atoms with E-state index < -0.39 is 5.41 Å². The van der Waals surface area contributed by atoms with Gasteiger partial charge >= 0.3 is 0 Å². The molecule has 1 atom stereocenters. The number of rotatable bonds is 5. The molecule has 3 N–H and O–H groups in total. The molecule has 21 heavy (non-hydrogen) atoms. The molecule has 1 aromatic rings. The SMILES string of the molecule is CC(C)NCc1cccc(F)c1N1CCC(C)(C(N)=O)C1. The quantitative estimate of drug-likeness (QED) is 0.873. The Morgan fingerprint density at radius 2 is 2.24 bits per heavy atom. The van der Waals surface area contributed by atoms with Crippen molar-refractivity contribution in [2.75, 3.05) is 18.0 Å². The molecule has 1 amide bonds. The molecule has 1 aromatic carbocycles. The lowest BCUT2D eigenvalue weighted by molar-refractivity contribution is -0.125. The van der Waals surface area contributed by atoms with Crippen molar-refractivity contribution in [2.45, 2.75) is 39.8 Å². The fourth-order valence-electron chi connectivity index (χ4n) is 2.72. The standard InChI is InChI=1S/C16H24FN3O/c1-11(2)19-9-12-5-4-6-13(17)14(12)20-8-7-16(3,10-20)15(18)21/h4-6,11,19H,7-10H2,1-3H3,(H2,18,21). The van der Waals surface area contributed by atoms with Crippen LogP contribution in [-0.4, -0.2) is 25.0 Å². The molecule has 0 radical (unpaired) electrons. The van der Waals surface area contributed by atoms with Crippen LogP contribution in [0.15, 0.2) is 18.2 Å². The predicted octanol–water partition coefficient (Wildman–Crippen LogP) is 2.03. The Bertz CT molecular complexity index is 532. The van der Waals surface area contributed by atoms with Gasteiger partial charge in [0.25, 0.3) is 0 Å². The number of carbonyl (C=O) groups excluding carboxylic acids is 1. The van der Waals surface area contributed by atoms with Gasteiger partial charge in [-0.15, -0.1) is 0 Å². The highest BCUT2D eigenvalue weighted by Gasteiger charge is 2.40. The number of nitrogens with one attached hydrogen (secondary N) is 1. The van der Waals surface area contributed by atoms with Crippen LogP contribution in [-0.2, 0) is 11.3 Å². The molecule has 0 aromatic heterocycles. The van der Waals surface area contributed by atoms with Crippen LogP contribution in [0.5, 0.6) is 0 Å². The first-order valence-corrected chi connectivity index (χ1v) is 7.39. The zero-order chi connectivity index (χ0) is 15.6. The van der Waals surface area contributed by atoms with Crippen molar-refractivity contribution >= 4 is 11.6 Å². The van der Waals surface area contributed by atoms with Gasteiger partial charge in [-0.05, 0) is 25.0 Å². The molecule has 116 valence electrons. The van der Waals surface area contributed by atoms with Crippen molar-refractivity contribution in [3.8, 4) is 0 Å². The minimum absolute atomic E-state index is 0.244. The molecule has 1 saturated heterocycles. The Morgan fingerprint density at radius 1 is 1.52 bits per heavy atom. The van der Waals surface area contributed by atoms with Gasteiger partial charge in [0.15, 0.2) is 0 Å². The maximum Gasteiger partial charge on any atom is 0.225 e. The summed E-state index contributed by atoms with van der Waals surface area (Å²) < 4.78 is 14.3. The van der Waals surface area contributed by atoms with Gasteiger partial charge in [0.05, 0.1) is 11.1 Å². The zero-order valence-electron chi connectivity index (χ0n) is 12.9. The van der Waals surface area contributed by atoms with Crippen molar-refractivity contribution in [1.29, 1.82) is 0 Å². The van der Waals surface area contributed by atoms with Crippen molar-refractivity contribution in [3.63, 3.8) is 0 Å². The van der Waals surface area contributed by atoms with Gasteiger partial charge in [-0.25, -0.2) is 4.39 Å². The molecule has 1 aliphatic rings. The summed E-state index contributed by atoms with van der Waals surface area (Å²) in [5, 5.41) is 3.31. The van der Waals surface area contributed by atoms with Crippen LogP contribution in [0.1, 0.15) is 32.8 Å². The van der Waals surface area contributed by atoms with Gasteiger partial charge in [0.2, 0.25) is 5.91 Å². The average Bonchev–Trinajstić information content (AvgIpc) is 2.80. The van der Waals surface area contributed by atoms with E-state index in [4.69, 9.17) is 5.73 Å². The van der Waals surface area contributed by atoms with Crippen LogP contribution in [0.4, 0.5) is 10.1 Å². The lowest BCUT2D eigenvalue weighted by Gasteiger charge is -2.25. The smallest absolute Gasteiger partial charge is 0.225 e. The summed E-state index contributed by atoms with van der Waals surface area (Å²) in [6.07, 6.45) is 0.660. The second-order valence-corrected chi connectivity index (χ2v) is 6.38. The summed E-state index contributed by atoms with van der Waals surface area (Å²) >= 11 is 0. The normalized spacial score (nSPS) is 22.0. The Hall–Kier alpha value is -1.62. The molecule has 0 spiro atoms. The van der Waals surface area contributed by atoms with Crippen molar-refractivity contribution in [3.05, 3.63) is 29.6 Å². The first-order valence-electron chi connectivity index (χ1n) is 7.39. The van der Waals surface area contributed by atoms with Crippen LogP contribution in [0.25, 0.3) is 0 Å². The van der Waals surface area contributed by atoms with Gasteiger partial charge in [-0.1, -0.05) is 26.0 Å². The van der Waals surface area contributed by atoms with E-state index in [9.17, 15) is 9.18 Å². The van der Waals surface area contributed by atoms with Gasteiger partial charge in [0, 0.05) is 25.7 Å². The molecule has 0 aliphatic carbocycles. The maximum atomic E-state index is 14.3. The van der Waals surface area contributed by atoms with Gasteiger partial charge < -0.3 is 16.0 Å². The Morgan fingerprint density at radius 3 is 2.81 bits per heavy atom. The van der Waals surface area contributed by atoms with Crippen LogP contribution in [0, 0.1) is 11.2 Å². The summed E-state index contributed by atoms with van der Waals surface area (Å²) in [6, 6.07) is 5.44. The first kappa shape index (κ1) is 15.8. The molecule has 0 bridgehead atoms. The molecule has 1 fully saturated rings. The molecule has 1 unspecified atom stereocenters. The first-order chi connectivity index (χ1) is 9.83. The molecule has 2 rings (SSSR count). The Labute approximate surface area is 125 Å².